The second-order valence-electron chi connectivity index (χ2n) is 6.19. The number of ether oxygens (including phenoxy) is 1. The van der Waals surface area contributed by atoms with Gasteiger partial charge in [0.25, 0.3) is 5.69 Å². The van der Waals surface area contributed by atoms with Gasteiger partial charge in [0.15, 0.2) is 0 Å². The highest BCUT2D eigenvalue weighted by atomic mass is 35.5. The van der Waals surface area contributed by atoms with Crippen molar-refractivity contribution < 1.29 is 14.5 Å². The van der Waals surface area contributed by atoms with E-state index in [2.05, 4.69) is 0 Å². The molecule has 0 spiro atoms. The van der Waals surface area contributed by atoms with Crippen LogP contribution in [-0.2, 0) is 17.8 Å². The van der Waals surface area contributed by atoms with Crippen molar-refractivity contribution in [3.8, 4) is 5.75 Å². The Bertz CT molecular complexity index is 872. The largest absolute Gasteiger partial charge is 0.492 e. The first-order valence-corrected chi connectivity index (χ1v) is 8.69. The molecule has 0 aliphatic carbocycles. The van der Waals surface area contributed by atoms with Crippen molar-refractivity contribution in [1.82, 2.24) is 4.90 Å². The minimum Gasteiger partial charge on any atom is -0.492 e. The van der Waals surface area contributed by atoms with Crippen molar-refractivity contribution in [1.29, 1.82) is 0 Å². The van der Waals surface area contributed by atoms with Crippen LogP contribution < -0.4 is 4.74 Å². The molecule has 26 heavy (non-hydrogen) atoms. The Labute approximate surface area is 160 Å². The van der Waals surface area contributed by atoms with Crippen LogP contribution in [0.25, 0.3) is 0 Å². The Balaban J connectivity index is 1.73. The monoisotopic (exact) mass is 394 g/mol. The Morgan fingerprint density at radius 2 is 2.08 bits per heavy atom. The standard InChI is InChI=1S/C18H16Cl2N2O4/c1-21(9-12-8-15(22(24)25)3-4-16(12)20)18(23)13-6-11-7-14(19)2-5-17(11)26-10-13/h2-5,7-8,13H,6,9-10H2,1H3/t13-/m1/s1. The summed E-state index contributed by atoms with van der Waals surface area (Å²) in [7, 11) is 1.64. The van der Waals surface area contributed by atoms with Gasteiger partial charge in [-0.1, -0.05) is 23.2 Å². The maximum absolute atomic E-state index is 12.8. The Morgan fingerprint density at radius 1 is 1.31 bits per heavy atom. The van der Waals surface area contributed by atoms with Crippen LogP contribution in [0.2, 0.25) is 10.0 Å². The zero-order valence-electron chi connectivity index (χ0n) is 13.9. The van der Waals surface area contributed by atoms with Crippen LogP contribution in [-0.4, -0.2) is 29.4 Å². The molecule has 2 aromatic carbocycles. The first kappa shape index (κ1) is 18.5. The highest BCUT2D eigenvalue weighted by molar-refractivity contribution is 6.31. The molecule has 1 aliphatic heterocycles. The van der Waals surface area contributed by atoms with E-state index in [-0.39, 0.29) is 30.7 Å². The van der Waals surface area contributed by atoms with E-state index in [9.17, 15) is 14.9 Å². The molecule has 0 bridgehead atoms. The second kappa shape index (κ2) is 7.51. The number of carbonyl (C=O) groups is 1. The number of non-ortho nitro benzene ring substituents is 1. The first-order chi connectivity index (χ1) is 12.3. The van der Waals surface area contributed by atoms with Crippen molar-refractivity contribution in [3.63, 3.8) is 0 Å². The molecule has 0 aromatic heterocycles. The quantitative estimate of drug-likeness (QED) is 0.577. The fourth-order valence-corrected chi connectivity index (χ4v) is 3.33. The van der Waals surface area contributed by atoms with Crippen LogP contribution in [0, 0.1) is 16.0 Å². The molecule has 0 radical (unpaired) electrons. The van der Waals surface area contributed by atoms with Gasteiger partial charge in [0.1, 0.15) is 12.4 Å². The SMILES string of the molecule is CN(Cc1cc([N+](=O)[O-])ccc1Cl)C(=O)[C@H]1COc2ccc(Cl)cc2C1. The molecule has 0 saturated carbocycles. The number of hydrogen-bond donors (Lipinski definition) is 0. The third kappa shape index (κ3) is 3.92. The topological polar surface area (TPSA) is 72.7 Å². The van der Waals surface area contributed by atoms with E-state index < -0.39 is 4.92 Å². The lowest BCUT2D eigenvalue weighted by molar-refractivity contribution is -0.384. The Morgan fingerprint density at radius 3 is 2.81 bits per heavy atom. The number of amides is 1. The van der Waals surface area contributed by atoms with Gasteiger partial charge in [-0.15, -0.1) is 0 Å². The zero-order valence-corrected chi connectivity index (χ0v) is 15.5. The number of rotatable bonds is 4. The summed E-state index contributed by atoms with van der Waals surface area (Å²) in [5, 5.41) is 11.9. The molecule has 136 valence electrons. The average molecular weight is 395 g/mol. The van der Waals surface area contributed by atoms with E-state index in [1.807, 2.05) is 0 Å². The zero-order chi connectivity index (χ0) is 18.8. The number of nitro groups is 1. The molecule has 1 aliphatic rings. The summed E-state index contributed by atoms with van der Waals surface area (Å²) >= 11 is 12.1. The van der Waals surface area contributed by atoms with Crippen molar-refractivity contribution in [3.05, 3.63) is 67.7 Å². The maximum atomic E-state index is 12.8. The molecule has 0 unspecified atom stereocenters. The van der Waals surface area contributed by atoms with Crippen LogP contribution >= 0.6 is 23.2 Å². The molecule has 2 aromatic rings. The summed E-state index contributed by atoms with van der Waals surface area (Å²) in [6.07, 6.45) is 0.530. The van der Waals surface area contributed by atoms with Crippen LogP contribution in [0.3, 0.4) is 0 Å². The summed E-state index contributed by atoms with van der Waals surface area (Å²) in [6.45, 7) is 0.457. The highest BCUT2D eigenvalue weighted by Crippen LogP contribution is 2.31. The number of nitro benzene ring substituents is 1. The molecule has 1 heterocycles. The van der Waals surface area contributed by atoms with Crippen LogP contribution in [0.1, 0.15) is 11.1 Å². The Hall–Kier alpha value is -2.31. The second-order valence-corrected chi connectivity index (χ2v) is 7.03. The smallest absolute Gasteiger partial charge is 0.269 e. The predicted molar refractivity (Wildman–Crippen MR) is 98.7 cm³/mol. The molecule has 0 fully saturated rings. The molecule has 6 nitrogen and oxygen atoms in total. The number of fused-ring (bicyclic) bond motifs is 1. The summed E-state index contributed by atoms with van der Waals surface area (Å²) in [5.41, 5.74) is 1.36. The van der Waals surface area contributed by atoms with E-state index in [0.717, 1.165) is 11.3 Å². The molecule has 1 amide bonds. The summed E-state index contributed by atoms with van der Waals surface area (Å²) < 4.78 is 5.67. The van der Waals surface area contributed by atoms with E-state index in [4.69, 9.17) is 27.9 Å². The predicted octanol–water partition coefficient (Wildman–Crippen LogP) is 4.11. The van der Waals surface area contributed by atoms with E-state index in [0.29, 0.717) is 22.0 Å². The van der Waals surface area contributed by atoms with Gasteiger partial charge in [0, 0.05) is 35.8 Å². The average Bonchev–Trinajstić information content (AvgIpc) is 2.61. The maximum Gasteiger partial charge on any atom is 0.269 e. The molecule has 3 rings (SSSR count). The van der Waals surface area contributed by atoms with Gasteiger partial charge in [-0.05, 0) is 41.8 Å². The number of halogens is 2. The number of carbonyl (C=O) groups excluding carboxylic acids is 1. The van der Waals surface area contributed by atoms with Crippen LogP contribution in [0.15, 0.2) is 36.4 Å². The number of nitrogens with zero attached hydrogens (tertiary/aromatic N) is 2. The minimum absolute atomic E-state index is 0.0604. The summed E-state index contributed by atoms with van der Waals surface area (Å²) in [6, 6.07) is 9.54. The molecule has 8 heteroatoms. The van der Waals surface area contributed by atoms with E-state index in [1.165, 1.54) is 23.1 Å². The van der Waals surface area contributed by atoms with E-state index in [1.54, 1.807) is 25.2 Å². The van der Waals surface area contributed by atoms with Crippen molar-refractivity contribution >= 4 is 34.8 Å². The van der Waals surface area contributed by atoms with Gasteiger partial charge in [0.05, 0.1) is 10.8 Å². The molecular weight excluding hydrogens is 379 g/mol. The van der Waals surface area contributed by atoms with Crippen molar-refractivity contribution in [2.75, 3.05) is 13.7 Å². The van der Waals surface area contributed by atoms with Gasteiger partial charge in [-0.25, -0.2) is 0 Å². The van der Waals surface area contributed by atoms with Crippen molar-refractivity contribution in [2.45, 2.75) is 13.0 Å². The molecule has 0 saturated heterocycles. The fraction of sp³-hybridized carbons (Fsp3) is 0.278. The summed E-state index contributed by atoms with van der Waals surface area (Å²) in [4.78, 5) is 24.7. The number of benzene rings is 2. The van der Waals surface area contributed by atoms with Crippen molar-refractivity contribution in [2.24, 2.45) is 5.92 Å². The van der Waals surface area contributed by atoms with E-state index >= 15 is 0 Å². The van der Waals surface area contributed by atoms with Crippen LogP contribution in [0.4, 0.5) is 5.69 Å². The molecule has 0 N–H and O–H groups in total. The van der Waals surface area contributed by atoms with Gasteiger partial charge >= 0.3 is 0 Å². The minimum atomic E-state index is -0.489. The van der Waals surface area contributed by atoms with Gasteiger partial charge in [0.2, 0.25) is 5.91 Å². The Kier molecular flexibility index (Phi) is 5.34. The number of hydrogen-bond acceptors (Lipinski definition) is 4. The lowest BCUT2D eigenvalue weighted by Gasteiger charge is -2.28. The normalized spacial score (nSPS) is 15.7. The van der Waals surface area contributed by atoms with Gasteiger partial charge < -0.3 is 9.64 Å². The lowest BCUT2D eigenvalue weighted by atomic mass is 9.95. The van der Waals surface area contributed by atoms with Gasteiger partial charge in [-0.2, -0.15) is 0 Å². The third-order valence-electron chi connectivity index (χ3n) is 4.30. The van der Waals surface area contributed by atoms with Crippen LogP contribution in [0.5, 0.6) is 5.75 Å². The lowest BCUT2D eigenvalue weighted by Crippen LogP contribution is -2.38. The third-order valence-corrected chi connectivity index (χ3v) is 4.91. The summed E-state index contributed by atoms with van der Waals surface area (Å²) in [5.74, 6) is 0.282. The first-order valence-electron chi connectivity index (χ1n) is 7.94. The highest BCUT2D eigenvalue weighted by Gasteiger charge is 2.29. The van der Waals surface area contributed by atoms with Gasteiger partial charge in [-0.3, -0.25) is 14.9 Å². The fourth-order valence-electron chi connectivity index (χ4n) is 2.96. The molecular formula is C18H16Cl2N2O4. The molecule has 1 atom stereocenters.